The summed E-state index contributed by atoms with van der Waals surface area (Å²) < 4.78 is 17.6. The lowest BCUT2D eigenvalue weighted by Gasteiger charge is -2.19. The van der Waals surface area contributed by atoms with E-state index in [1.807, 2.05) is 0 Å². The van der Waals surface area contributed by atoms with Crippen LogP contribution in [0.15, 0.2) is 36.5 Å². The topological polar surface area (TPSA) is 97.9 Å². The third-order valence-corrected chi connectivity index (χ3v) is 5.73. The van der Waals surface area contributed by atoms with E-state index in [-0.39, 0.29) is 23.5 Å². The summed E-state index contributed by atoms with van der Waals surface area (Å²) >= 11 is 0. The van der Waals surface area contributed by atoms with Gasteiger partial charge >= 0.3 is 0 Å². The highest BCUT2D eigenvalue weighted by Gasteiger charge is 2.34. The molecule has 0 saturated carbocycles. The van der Waals surface area contributed by atoms with Gasteiger partial charge in [-0.15, -0.1) is 5.10 Å². The van der Waals surface area contributed by atoms with Crippen LogP contribution in [-0.4, -0.2) is 49.4 Å². The maximum atomic E-state index is 14.2. The van der Waals surface area contributed by atoms with E-state index in [4.69, 9.17) is 0 Å². The lowest BCUT2D eigenvalue weighted by molar-refractivity contribution is -0.120. The fourth-order valence-corrected chi connectivity index (χ4v) is 4.17. The highest BCUT2D eigenvalue weighted by molar-refractivity contribution is 6.00. The van der Waals surface area contributed by atoms with Gasteiger partial charge in [-0.2, -0.15) is 5.10 Å². The van der Waals surface area contributed by atoms with Crippen LogP contribution in [0.2, 0.25) is 0 Å². The third-order valence-electron chi connectivity index (χ3n) is 5.73. The number of aromatic nitrogens is 5. The molecule has 1 unspecified atom stereocenters. The normalized spacial score (nSPS) is 20.6. The Morgan fingerprint density at radius 1 is 1.17 bits per heavy atom. The zero-order valence-corrected chi connectivity index (χ0v) is 16.3. The first kappa shape index (κ1) is 18.5. The summed E-state index contributed by atoms with van der Waals surface area (Å²) in [6, 6.07) is 7.62. The number of hydrogen-bond acceptors (Lipinski definition) is 5. The van der Waals surface area contributed by atoms with Gasteiger partial charge in [0.2, 0.25) is 5.82 Å². The molecule has 30 heavy (non-hydrogen) atoms. The SMILES string of the molecule is CN1C(=O)[C@@H](NC(=O)c2nc3n(n2)CCC3c2ccccc2F)CCn2nccc21. The zero-order valence-electron chi connectivity index (χ0n) is 16.3. The Morgan fingerprint density at radius 3 is 2.80 bits per heavy atom. The Morgan fingerprint density at radius 2 is 1.97 bits per heavy atom. The number of amides is 2. The molecule has 0 bridgehead atoms. The van der Waals surface area contributed by atoms with Crippen LogP contribution in [0.25, 0.3) is 0 Å². The maximum Gasteiger partial charge on any atom is 0.291 e. The van der Waals surface area contributed by atoms with Crippen molar-refractivity contribution < 1.29 is 14.0 Å². The molecule has 2 aliphatic heterocycles. The molecule has 2 aromatic heterocycles. The molecule has 4 heterocycles. The number of rotatable bonds is 3. The van der Waals surface area contributed by atoms with Crippen molar-refractivity contribution in [3.8, 4) is 0 Å². The number of nitrogens with zero attached hydrogens (tertiary/aromatic N) is 6. The van der Waals surface area contributed by atoms with Crippen molar-refractivity contribution in [2.24, 2.45) is 0 Å². The Bertz CT molecular complexity index is 1140. The Balaban J connectivity index is 1.35. The smallest absolute Gasteiger partial charge is 0.291 e. The summed E-state index contributed by atoms with van der Waals surface area (Å²) in [5.74, 6) is -0.0479. The monoisotopic (exact) mass is 409 g/mol. The van der Waals surface area contributed by atoms with Crippen LogP contribution in [0, 0.1) is 5.82 Å². The van der Waals surface area contributed by atoms with Gasteiger partial charge in [-0.25, -0.2) is 18.7 Å². The predicted octanol–water partition coefficient (Wildman–Crippen LogP) is 1.31. The van der Waals surface area contributed by atoms with Gasteiger partial charge in [-0.3, -0.25) is 14.5 Å². The van der Waals surface area contributed by atoms with Crippen LogP contribution in [0.4, 0.5) is 10.2 Å². The summed E-state index contributed by atoms with van der Waals surface area (Å²) in [5.41, 5.74) is 0.547. The maximum absolute atomic E-state index is 14.2. The lowest BCUT2D eigenvalue weighted by atomic mass is 9.97. The van der Waals surface area contributed by atoms with Crippen LogP contribution < -0.4 is 10.2 Å². The predicted molar refractivity (Wildman–Crippen MR) is 104 cm³/mol. The number of halogens is 1. The van der Waals surface area contributed by atoms with Crippen LogP contribution in [-0.2, 0) is 17.9 Å². The first-order valence-corrected chi connectivity index (χ1v) is 9.82. The molecule has 9 nitrogen and oxygen atoms in total. The van der Waals surface area contributed by atoms with E-state index in [9.17, 15) is 14.0 Å². The molecule has 0 saturated heterocycles. The molecule has 154 valence electrons. The fourth-order valence-electron chi connectivity index (χ4n) is 4.17. The average molecular weight is 409 g/mol. The van der Waals surface area contributed by atoms with E-state index in [0.29, 0.717) is 43.1 Å². The van der Waals surface area contributed by atoms with E-state index in [1.54, 1.807) is 46.9 Å². The van der Waals surface area contributed by atoms with E-state index >= 15 is 0 Å². The molecule has 0 spiro atoms. The molecule has 2 aliphatic rings. The van der Waals surface area contributed by atoms with Crippen molar-refractivity contribution in [1.82, 2.24) is 29.9 Å². The van der Waals surface area contributed by atoms with E-state index in [2.05, 4.69) is 20.5 Å². The lowest BCUT2D eigenvalue weighted by Crippen LogP contribution is -2.47. The van der Waals surface area contributed by atoms with Gasteiger partial charge in [0.05, 0.1) is 6.20 Å². The van der Waals surface area contributed by atoms with Gasteiger partial charge in [-0.05, 0) is 24.5 Å². The molecule has 10 heteroatoms. The molecule has 0 fully saturated rings. The number of benzene rings is 1. The second kappa shape index (κ2) is 7.05. The molecule has 0 aliphatic carbocycles. The molecular weight excluding hydrogens is 389 g/mol. The van der Waals surface area contributed by atoms with Gasteiger partial charge in [0.1, 0.15) is 23.5 Å². The number of aryl methyl sites for hydroxylation is 2. The van der Waals surface area contributed by atoms with E-state index in [0.717, 1.165) is 0 Å². The fraction of sp³-hybridized carbons (Fsp3) is 0.350. The van der Waals surface area contributed by atoms with Crippen molar-refractivity contribution in [3.05, 3.63) is 59.6 Å². The minimum atomic E-state index is -0.704. The largest absolute Gasteiger partial charge is 0.337 e. The van der Waals surface area contributed by atoms with Crippen molar-refractivity contribution in [3.63, 3.8) is 0 Å². The van der Waals surface area contributed by atoms with E-state index in [1.165, 1.54) is 11.0 Å². The molecule has 1 N–H and O–H groups in total. The van der Waals surface area contributed by atoms with Gasteiger partial charge in [0, 0.05) is 32.1 Å². The highest BCUT2D eigenvalue weighted by Crippen LogP contribution is 2.34. The number of likely N-dealkylation sites (N-methyl/N-ethyl adjacent to an activating group) is 1. The van der Waals surface area contributed by atoms with E-state index < -0.39 is 11.9 Å². The second-order valence-electron chi connectivity index (χ2n) is 7.50. The highest BCUT2D eigenvalue weighted by atomic mass is 19.1. The number of carbonyl (C=O) groups is 2. The molecule has 3 aromatic rings. The third kappa shape index (κ3) is 2.95. The number of hydrogen-bond donors (Lipinski definition) is 1. The van der Waals surface area contributed by atoms with Crippen LogP contribution in [0.3, 0.4) is 0 Å². The number of anilines is 1. The summed E-state index contributed by atoms with van der Waals surface area (Å²) in [6.45, 7) is 1.06. The second-order valence-corrected chi connectivity index (χ2v) is 7.50. The molecular formula is C20H20FN7O2. The number of fused-ring (bicyclic) bond motifs is 2. The van der Waals surface area contributed by atoms with Crippen LogP contribution in [0.1, 0.15) is 40.8 Å². The summed E-state index contributed by atoms with van der Waals surface area (Å²) in [5, 5.41) is 11.2. The molecule has 5 rings (SSSR count). The van der Waals surface area contributed by atoms with Crippen LogP contribution in [0.5, 0.6) is 0 Å². The first-order valence-electron chi connectivity index (χ1n) is 9.82. The minimum Gasteiger partial charge on any atom is -0.337 e. The minimum absolute atomic E-state index is 0.0107. The quantitative estimate of drug-likeness (QED) is 0.704. The standard InChI is InChI=1S/C20H20FN7O2/c1-26-16-6-9-22-27(16)11-8-15(20(26)30)23-19(29)17-24-18-13(7-10-28(18)25-17)12-4-2-3-5-14(12)21/h2-6,9,13,15H,7-8,10-11H2,1H3,(H,23,29)/t13?,15-/m0/s1. The Kier molecular flexibility index (Phi) is 4.34. The van der Waals surface area contributed by atoms with Gasteiger partial charge in [0.15, 0.2) is 0 Å². The average Bonchev–Trinajstić information content (AvgIpc) is 3.44. The van der Waals surface area contributed by atoms with Gasteiger partial charge < -0.3 is 5.32 Å². The molecule has 1 aromatic carbocycles. The summed E-state index contributed by atoms with van der Waals surface area (Å²) in [4.78, 5) is 31.4. The van der Waals surface area contributed by atoms with Gasteiger partial charge in [-0.1, -0.05) is 18.2 Å². The summed E-state index contributed by atoms with van der Waals surface area (Å²) in [6.07, 6.45) is 2.73. The molecule has 2 amide bonds. The van der Waals surface area contributed by atoms with Crippen molar-refractivity contribution in [2.75, 3.05) is 11.9 Å². The molecule has 2 atom stereocenters. The zero-order chi connectivity index (χ0) is 20.8. The Hall–Kier alpha value is -3.56. The van der Waals surface area contributed by atoms with Crippen molar-refractivity contribution >= 4 is 17.6 Å². The molecule has 0 radical (unpaired) electrons. The van der Waals surface area contributed by atoms with Crippen molar-refractivity contribution in [1.29, 1.82) is 0 Å². The van der Waals surface area contributed by atoms with Crippen molar-refractivity contribution in [2.45, 2.75) is 37.9 Å². The summed E-state index contributed by atoms with van der Waals surface area (Å²) in [7, 11) is 1.66. The van der Waals surface area contributed by atoms with Crippen LogP contribution >= 0.6 is 0 Å². The number of nitrogens with one attached hydrogen (secondary N) is 1. The van der Waals surface area contributed by atoms with Gasteiger partial charge in [0.25, 0.3) is 11.8 Å². The Labute approximate surface area is 171 Å². The number of carbonyl (C=O) groups excluding carboxylic acids is 2. The first-order chi connectivity index (χ1) is 14.5.